The van der Waals surface area contributed by atoms with E-state index in [1.54, 1.807) is 0 Å². The molecular formula is C13H25N3. The van der Waals surface area contributed by atoms with E-state index in [2.05, 4.69) is 22.2 Å². The number of hydrogen-bond donors (Lipinski definition) is 1. The lowest BCUT2D eigenvalue weighted by Gasteiger charge is -2.33. The van der Waals surface area contributed by atoms with Crippen molar-refractivity contribution < 1.29 is 0 Å². The van der Waals surface area contributed by atoms with Gasteiger partial charge in [0, 0.05) is 32.7 Å². The Morgan fingerprint density at radius 2 is 1.81 bits per heavy atom. The largest absolute Gasteiger partial charge is 0.317 e. The standard InChI is InChI=1S/C13H25N3/c1-15-6-8-16(9-7-15)11-12-10-13(12)2-4-14-5-3-13/h12,14H,2-11H2,1H3/t12-/m1/s1. The summed E-state index contributed by atoms with van der Waals surface area (Å²) in [4.78, 5) is 5.14. The van der Waals surface area contributed by atoms with Crippen LogP contribution in [-0.4, -0.2) is 62.7 Å². The van der Waals surface area contributed by atoms with E-state index in [9.17, 15) is 0 Å². The predicted molar refractivity (Wildman–Crippen MR) is 66.6 cm³/mol. The molecule has 1 saturated carbocycles. The molecule has 92 valence electrons. The van der Waals surface area contributed by atoms with E-state index in [4.69, 9.17) is 0 Å². The Hall–Kier alpha value is -0.120. The number of nitrogens with zero attached hydrogens (tertiary/aromatic N) is 2. The van der Waals surface area contributed by atoms with Crippen LogP contribution in [0.1, 0.15) is 19.3 Å². The van der Waals surface area contributed by atoms with E-state index < -0.39 is 0 Å². The Bertz CT molecular complexity index is 240. The van der Waals surface area contributed by atoms with E-state index in [0.717, 1.165) is 11.3 Å². The monoisotopic (exact) mass is 223 g/mol. The highest BCUT2D eigenvalue weighted by atomic mass is 15.2. The zero-order chi connectivity index (χ0) is 11.0. The van der Waals surface area contributed by atoms with Gasteiger partial charge in [-0.2, -0.15) is 0 Å². The molecule has 3 heteroatoms. The van der Waals surface area contributed by atoms with Gasteiger partial charge in [0.2, 0.25) is 0 Å². The molecule has 3 nitrogen and oxygen atoms in total. The first kappa shape index (κ1) is 11.0. The van der Waals surface area contributed by atoms with Gasteiger partial charge >= 0.3 is 0 Å². The zero-order valence-electron chi connectivity index (χ0n) is 10.5. The lowest BCUT2D eigenvalue weighted by molar-refractivity contribution is 0.140. The first-order valence-corrected chi connectivity index (χ1v) is 6.90. The highest BCUT2D eigenvalue weighted by molar-refractivity contribution is 5.05. The summed E-state index contributed by atoms with van der Waals surface area (Å²) in [6, 6.07) is 0. The maximum Gasteiger partial charge on any atom is 0.0110 e. The highest BCUT2D eigenvalue weighted by Crippen LogP contribution is 2.58. The van der Waals surface area contributed by atoms with Gasteiger partial charge in [-0.15, -0.1) is 0 Å². The van der Waals surface area contributed by atoms with Crippen molar-refractivity contribution in [2.75, 3.05) is 52.9 Å². The van der Waals surface area contributed by atoms with E-state index in [0.29, 0.717) is 0 Å². The number of likely N-dealkylation sites (N-methyl/N-ethyl adjacent to an activating group) is 1. The van der Waals surface area contributed by atoms with Crippen LogP contribution in [-0.2, 0) is 0 Å². The SMILES string of the molecule is CN1CCN(C[C@H]2CC23CCNCC3)CC1. The molecule has 0 radical (unpaired) electrons. The molecule has 2 heterocycles. The molecule has 0 amide bonds. The Labute approximate surface area is 99.2 Å². The highest BCUT2D eigenvalue weighted by Gasteiger charge is 2.53. The molecule has 0 aromatic carbocycles. The summed E-state index contributed by atoms with van der Waals surface area (Å²) in [6.45, 7) is 9.03. The lowest BCUT2D eigenvalue weighted by atomic mass is 9.92. The Morgan fingerprint density at radius 1 is 1.12 bits per heavy atom. The van der Waals surface area contributed by atoms with Gasteiger partial charge in [0.05, 0.1) is 0 Å². The van der Waals surface area contributed by atoms with Crippen molar-refractivity contribution in [1.29, 1.82) is 0 Å². The fourth-order valence-electron chi connectivity index (χ4n) is 3.57. The van der Waals surface area contributed by atoms with Gasteiger partial charge in [0.15, 0.2) is 0 Å². The van der Waals surface area contributed by atoms with E-state index in [-0.39, 0.29) is 0 Å². The topological polar surface area (TPSA) is 18.5 Å². The molecule has 3 rings (SSSR count). The summed E-state index contributed by atoms with van der Waals surface area (Å²) in [5, 5.41) is 3.49. The number of nitrogens with one attached hydrogen (secondary N) is 1. The summed E-state index contributed by atoms with van der Waals surface area (Å²) in [5.74, 6) is 1.03. The number of rotatable bonds is 2. The van der Waals surface area contributed by atoms with Crippen molar-refractivity contribution in [2.45, 2.75) is 19.3 Å². The van der Waals surface area contributed by atoms with Crippen LogP contribution in [0.25, 0.3) is 0 Å². The number of hydrogen-bond acceptors (Lipinski definition) is 3. The van der Waals surface area contributed by atoms with Crippen LogP contribution >= 0.6 is 0 Å². The van der Waals surface area contributed by atoms with Crippen LogP contribution in [0.5, 0.6) is 0 Å². The molecule has 0 unspecified atom stereocenters. The molecule has 1 atom stereocenters. The first-order chi connectivity index (χ1) is 7.78. The van der Waals surface area contributed by atoms with Crippen LogP contribution in [0.2, 0.25) is 0 Å². The summed E-state index contributed by atoms with van der Waals surface area (Å²) in [5.41, 5.74) is 0.772. The fourth-order valence-corrected chi connectivity index (χ4v) is 3.57. The number of piperazine rings is 1. The van der Waals surface area contributed by atoms with Gasteiger partial charge in [-0.1, -0.05) is 0 Å². The summed E-state index contributed by atoms with van der Waals surface area (Å²) in [7, 11) is 2.24. The average Bonchev–Trinajstić information content (AvgIpc) is 2.95. The molecule has 0 aromatic rings. The van der Waals surface area contributed by atoms with Crippen LogP contribution in [0.15, 0.2) is 0 Å². The van der Waals surface area contributed by atoms with Gasteiger partial charge in [-0.05, 0) is 50.7 Å². The Morgan fingerprint density at radius 3 is 2.50 bits per heavy atom. The molecule has 3 aliphatic rings. The maximum atomic E-state index is 3.49. The second-order valence-corrected chi connectivity index (χ2v) is 6.12. The van der Waals surface area contributed by atoms with Crippen LogP contribution < -0.4 is 5.32 Å². The third-order valence-corrected chi connectivity index (χ3v) is 5.03. The van der Waals surface area contributed by atoms with Gasteiger partial charge in [0.25, 0.3) is 0 Å². The molecule has 1 aliphatic carbocycles. The molecule has 2 aliphatic heterocycles. The minimum absolute atomic E-state index is 0.772. The second-order valence-electron chi connectivity index (χ2n) is 6.12. The van der Waals surface area contributed by atoms with Crippen molar-refractivity contribution in [3.63, 3.8) is 0 Å². The van der Waals surface area contributed by atoms with E-state index in [1.807, 2.05) is 0 Å². The van der Waals surface area contributed by atoms with Crippen molar-refractivity contribution in [3.05, 3.63) is 0 Å². The molecule has 0 bridgehead atoms. The molecular weight excluding hydrogens is 198 g/mol. The minimum atomic E-state index is 0.772. The van der Waals surface area contributed by atoms with Crippen molar-refractivity contribution in [1.82, 2.24) is 15.1 Å². The Balaban J connectivity index is 1.46. The molecule has 1 N–H and O–H groups in total. The van der Waals surface area contributed by atoms with Crippen molar-refractivity contribution >= 4 is 0 Å². The quantitative estimate of drug-likeness (QED) is 0.740. The van der Waals surface area contributed by atoms with Crippen molar-refractivity contribution in [3.8, 4) is 0 Å². The minimum Gasteiger partial charge on any atom is -0.317 e. The molecule has 16 heavy (non-hydrogen) atoms. The normalized spacial score (nSPS) is 35.4. The first-order valence-electron chi connectivity index (χ1n) is 6.90. The zero-order valence-corrected chi connectivity index (χ0v) is 10.5. The van der Waals surface area contributed by atoms with Crippen LogP contribution in [0, 0.1) is 11.3 Å². The molecule has 0 aromatic heterocycles. The second kappa shape index (κ2) is 4.28. The van der Waals surface area contributed by atoms with Gasteiger partial charge in [-0.3, -0.25) is 0 Å². The lowest BCUT2D eigenvalue weighted by Crippen LogP contribution is -2.45. The van der Waals surface area contributed by atoms with Gasteiger partial charge < -0.3 is 15.1 Å². The van der Waals surface area contributed by atoms with E-state index >= 15 is 0 Å². The van der Waals surface area contributed by atoms with Crippen molar-refractivity contribution in [2.24, 2.45) is 11.3 Å². The molecule has 2 saturated heterocycles. The average molecular weight is 223 g/mol. The summed E-state index contributed by atoms with van der Waals surface area (Å²) < 4.78 is 0. The summed E-state index contributed by atoms with van der Waals surface area (Å²) >= 11 is 0. The van der Waals surface area contributed by atoms with Gasteiger partial charge in [0.1, 0.15) is 0 Å². The van der Waals surface area contributed by atoms with E-state index in [1.165, 1.54) is 65.1 Å². The third-order valence-electron chi connectivity index (χ3n) is 5.03. The maximum absolute atomic E-state index is 3.49. The van der Waals surface area contributed by atoms with Crippen LogP contribution in [0.4, 0.5) is 0 Å². The van der Waals surface area contributed by atoms with Crippen LogP contribution in [0.3, 0.4) is 0 Å². The molecule has 1 spiro atoms. The summed E-state index contributed by atoms with van der Waals surface area (Å²) in [6.07, 6.45) is 4.39. The fraction of sp³-hybridized carbons (Fsp3) is 1.00. The predicted octanol–water partition coefficient (Wildman–Crippen LogP) is 0.623. The third kappa shape index (κ3) is 2.13. The number of piperidine rings is 1. The Kier molecular flexibility index (Phi) is 2.94. The smallest absolute Gasteiger partial charge is 0.0110 e. The van der Waals surface area contributed by atoms with Gasteiger partial charge in [-0.25, -0.2) is 0 Å². The molecule has 3 fully saturated rings.